The number of hydrogen-bond acceptors (Lipinski definition) is 3. The van der Waals surface area contributed by atoms with Gasteiger partial charge in [0, 0.05) is 0 Å². The standard InChI is InChI=1S/C15H14ClN3O2S/c1-10-3-5-12(6-4-10)22(20,21)18-15-8-7-13(16)14-9-11(2)17-19(14)15/h3-9,18H,1-2H3. The maximum atomic E-state index is 12.5. The molecule has 2 aromatic heterocycles. The Hall–Kier alpha value is -2.05. The van der Waals surface area contributed by atoms with Crippen molar-refractivity contribution in [1.82, 2.24) is 9.61 Å². The average Bonchev–Trinajstić information content (AvgIpc) is 2.85. The monoisotopic (exact) mass is 335 g/mol. The summed E-state index contributed by atoms with van der Waals surface area (Å²) >= 11 is 6.11. The van der Waals surface area contributed by atoms with Crippen molar-refractivity contribution in [3.63, 3.8) is 0 Å². The highest BCUT2D eigenvalue weighted by atomic mass is 35.5. The molecule has 0 aliphatic rings. The molecule has 0 fully saturated rings. The Labute approximate surface area is 133 Å². The third-order valence-corrected chi connectivity index (χ3v) is 4.95. The van der Waals surface area contributed by atoms with Crippen LogP contribution < -0.4 is 4.72 Å². The zero-order chi connectivity index (χ0) is 15.9. The molecule has 0 bridgehead atoms. The Bertz CT molecular complexity index is 947. The summed E-state index contributed by atoms with van der Waals surface area (Å²) in [5, 5.41) is 4.78. The van der Waals surface area contributed by atoms with E-state index < -0.39 is 10.0 Å². The number of benzene rings is 1. The zero-order valence-electron chi connectivity index (χ0n) is 12.0. The number of nitrogens with zero attached hydrogens (tertiary/aromatic N) is 2. The fraction of sp³-hybridized carbons (Fsp3) is 0.133. The molecule has 7 heteroatoms. The maximum Gasteiger partial charge on any atom is 0.263 e. The molecule has 1 aromatic carbocycles. The van der Waals surface area contributed by atoms with Gasteiger partial charge in [-0.25, -0.2) is 12.9 Å². The molecule has 0 unspecified atom stereocenters. The Morgan fingerprint density at radius 1 is 1.09 bits per heavy atom. The van der Waals surface area contributed by atoms with Gasteiger partial charge in [0.1, 0.15) is 5.82 Å². The van der Waals surface area contributed by atoms with E-state index in [1.165, 1.54) is 4.52 Å². The number of halogens is 1. The van der Waals surface area contributed by atoms with Gasteiger partial charge in [-0.1, -0.05) is 29.3 Å². The smallest absolute Gasteiger partial charge is 0.263 e. The lowest BCUT2D eigenvalue weighted by Gasteiger charge is -2.10. The van der Waals surface area contributed by atoms with Crippen LogP contribution in [0.25, 0.3) is 5.52 Å². The van der Waals surface area contributed by atoms with Crippen molar-refractivity contribution in [3.8, 4) is 0 Å². The van der Waals surface area contributed by atoms with Gasteiger partial charge in [-0.3, -0.25) is 4.72 Å². The summed E-state index contributed by atoms with van der Waals surface area (Å²) in [7, 11) is -3.68. The average molecular weight is 336 g/mol. The molecule has 0 spiro atoms. The number of nitrogens with one attached hydrogen (secondary N) is 1. The third-order valence-electron chi connectivity index (χ3n) is 3.26. The van der Waals surface area contributed by atoms with Gasteiger partial charge >= 0.3 is 0 Å². The summed E-state index contributed by atoms with van der Waals surface area (Å²) in [6.07, 6.45) is 0. The van der Waals surface area contributed by atoms with Crippen LogP contribution >= 0.6 is 11.6 Å². The first-order valence-electron chi connectivity index (χ1n) is 6.61. The van der Waals surface area contributed by atoms with E-state index in [1.54, 1.807) is 42.5 Å². The van der Waals surface area contributed by atoms with Gasteiger partial charge < -0.3 is 0 Å². The zero-order valence-corrected chi connectivity index (χ0v) is 13.6. The highest BCUT2D eigenvalue weighted by molar-refractivity contribution is 7.92. The van der Waals surface area contributed by atoms with Gasteiger partial charge in [0.05, 0.1) is 21.1 Å². The quantitative estimate of drug-likeness (QED) is 0.797. The van der Waals surface area contributed by atoms with Crippen molar-refractivity contribution in [3.05, 3.63) is 58.7 Å². The molecule has 5 nitrogen and oxygen atoms in total. The molecule has 3 rings (SSSR count). The van der Waals surface area contributed by atoms with Crippen molar-refractivity contribution in [2.24, 2.45) is 0 Å². The summed E-state index contributed by atoms with van der Waals surface area (Å²) in [6.45, 7) is 3.72. The van der Waals surface area contributed by atoms with E-state index in [4.69, 9.17) is 11.6 Å². The van der Waals surface area contributed by atoms with Crippen LogP contribution in [-0.4, -0.2) is 18.0 Å². The predicted octanol–water partition coefficient (Wildman–Crippen LogP) is 3.41. The maximum absolute atomic E-state index is 12.5. The highest BCUT2D eigenvalue weighted by Crippen LogP contribution is 2.24. The van der Waals surface area contributed by atoms with Gasteiger partial charge in [0.2, 0.25) is 0 Å². The Kier molecular flexibility index (Phi) is 3.58. The van der Waals surface area contributed by atoms with E-state index in [0.717, 1.165) is 11.3 Å². The molecule has 0 aliphatic heterocycles. The molecule has 0 radical (unpaired) electrons. The number of hydrogen-bond donors (Lipinski definition) is 1. The Morgan fingerprint density at radius 3 is 2.45 bits per heavy atom. The van der Waals surface area contributed by atoms with Crippen molar-refractivity contribution in [2.75, 3.05) is 4.72 Å². The lowest BCUT2D eigenvalue weighted by molar-refractivity contribution is 0.600. The van der Waals surface area contributed by atoms with Crippen LogP contribution in [0.1, 0.15) is 11.3 Å². The summed E-state index contributed by atoms with van der Waals surface area (Å²) < 4.78 is 29.0. The molecule has 0 amide bonds. The van der Waals surface area contributed by atoms with Crippen molar-refractivity contribution in [2.45, 2.75) is 18.7 Å². The van der Waals surface area contributed by atoms with E-state index >= 15 is 0 Å². The number of rotatable bonds is 3. The molecule has 114 valence electrons. The van der Waals surface area contributed by atoms with E-state index in [2.05, 4.69) is 9.82 Å². The van der Waals surface area contributed by atoms with Crippen LogP contribution in [0.5, 0.6) is 0 Å². The van der Waals surface area contributed by atoms with E-state index in [1.807, 2.05) is 13.8 Å². The molecule has 0 saturated carbocycles. The van der Waals surface area contributed by atoms with Gasteiger partial charge in [0.15, 0.2) is 0 Å². The topological polar surface area (TPSA) is 63.5 Å². The number of anilines is 1. The molecular formula is C15H14ClN3O2S. The number of pyridine rings is 1. The van der Waals surface area contributed by atoms with Crippen LogP contribution in [0.2, 0.25) is 5.02 Å². The second kappa shape index (κ2) is 5.30. The lowest BCUT2D eigenvalue weighted by Crippen LogP contribution is -2.15. The van der Waals surface area contributed by atoms with Crippen molar-refractivity contribution in [1.29, 1.82) is 0 Å². The minimum absolute atomic E-state index is 0.199. The number of aryl methyl sites for hydroxylation is 2. The summed E-state index contributed by atoms with van der Waals surface area (Å²) in [5.41, 5.74) is 2.41. The second-order valence-electron chi connectivity index (χ2n) is 5.07. The third kappa shape index (κ3) is 2.67. The second-order valence-corrected chi connectivity index (χ2v) is 7.16. The van der Waals surface area contributed by atoms with Crippen LogP contribution in [0.3, 0.4) is 0 Å². The van der Waals surface area contributed by atoms with E-state index in [-0.39, 0.29) is 4.90 Å². The summed E-state index contributed by atoms with van der Waals surface area (Å²) in [5.74, 6) is 0.341. The molecule has 0 atom stereocenters. The van der Waals surface area contributed by atoms with Gasteiger partial charge in [-0.15, -0.1) is 0 Å². The largest absolute Gasteiger partial charge is 0.263 e. The van der Waals surface area contributed by atoms with Gasteiger partial charge in [0.25, 0.3) is 10.0 Å². The van der Waals surface area contributed by atoms with Gasteiger partial charge in [-0.05, 0) is 44.2 Å². The molecule has 22 heavy (non-hydrogen) atoms. The molecular weight excluding hydrogens is 322 g/mol. The minimum Gasteiger partial charge on any atom is -0.263 e. The van der Waals surface area contributed by atoms with Crippen LogP contribution in [0.15, 0.2) is 47.4 Å². The molecule has 2 heterocycles. The number of fused-ring (bicyclic) bond motifs is 1. The molecule has 1 N–H and O–H groups in total. The fourth-order valence-electron chi connectivity index (χ4n) is 2.15. The first-order valence-corrected chi connectivity index (χ1v) is 8.47. The Balaban J connectivity index is 2.06. The predicted molar refractivity (Wildman–Crippen MR) is 86.9 cm³/mol. The van der Waals surface area contributed by atoms with E-state index in [0.29, 0.717) is 16.4 Å². The highest BCUT2D eigenvalue weighted by Gasteiger charge is 2.16. The number of sulfonamides is 1. The fourth-order valence-corrected chi connectivity index (χ4v) is 3.39. The lowest BCUT2D eigenvalue weighted by atomic mass is 10.2. The normalized spacial score (nSPS) is 11.8. The van der Waals surface area contributed by atoms with Gasteiger partial charge in [-0.2, -0.15) is 5.10 Å². The minimum atomic E-state index is -3.68. The Morgan fingerprint density at radius 2 is 1.77 bits per heavy atom. The molecule has 0 saturated heterocycles. The van der Waals surface area contributed by atoms with Crippen molar-refractivity contribution >= 4 is 33.0 Å². The number of aromatic nitrogens is 2. The van der Waals surface area contributed by atoms with Crippen LogP contribution in [-0.2, 0) is 10.0 Å². The van der Waals surface area contributed by atoms with Crippen LogP contribution in [0, 0.1) is 13.8 Å². The van der Waals surface area contributed by atoms with E-state index in [9.17, 15) is 8.42 Å². The summed E-state index contributed by atoms with van der Waals surface area (Å²) in [6, 6.07) is 11.7. The summed E-state index contributed by atoms with van der Waals surface area (Å²) in [4.78, 5) is 0.199. The first kappa shape index (κ1) is 14.9. The van der Waals surface area contributed by atoms with Crippen LogP contribution in [0.4, 0.5) is 5.82 Å². The van der Waals surface area contributed by atoms with Crippen molar-refractivity contribution < 1.29 is 8.42 Å². The SMILES string of the molecule is Cc1ccc(S(=O)(=O)Nc2ccc(Cl)c3cc(C)nn23)cc1. The first-order chi connectivity index (χ1) is 10.4. The molecule has 3 aromatic rings. The molecule has 0 aliphatic carbocycles.